The van der Waals surface area contributed by atoms with Crippen LogP contribution in [0.3, 0.4) is 0 Å². The molecule has 3 heterocycles. The van der Waals surface area contributed by atoms with Crippen molar-refractivity contribution in [2.75, 3.05) is 0 Å². The highest BCUT2D eigenvalue weighted by atomic mass is 16.8. The zero-order valence-corrected chi connectivity index (χ0v) is 17.6. The molecule has 3 aliphatic heterocycles. The molecule has 3 fully saturated rings. The molecule has 0 amide bonds. The van der Waals surface area contributed by atoms with E-state index in [1.807, 2.05) is 55.4 Å². The Labute approximate surface area is 161 Å². The van der Waals surface area contributed by atoms with Gasteiger partial charge in [-0.3, -0.25) is 4.79 Å². The predicted molar refractivity (Wildman–Crippen MR) is 96.5 cm³/mol. The van der Waals surface area contributed by atoms with Crippen LogP contribution in [0.25, 0.3) is 0 Å². The van der Waals surface area contributed by atoms with Crippen LogP contribution < -0.4 is 0 Å². The highest BCUT2D eigenvalue weighted by Crippen LogP contribution is 2.47. The monoisotopic (exact) mass is 386 g/mol. The van der Waals surface area contributed by atoms with Crippen molar-refractivity contribution >= 4 is 5.97 Å². The van der Waals surface area contributed by atoms with Crippen molar-refractivity contribution in [3.63, 3.8) is 0 Å². The smallest absolute Gasteiger partial charge is 0.313 e. The summed E-state index contributed by atoms with van der Waals surface area (Å²) in [4.78, 5) is 13.2. The van der Waals surface area contributed by atoms with Crippen LogP contribution in [0, 0.1) is 16.7 Å². The molecule has 0 saturated carbocycles. The first-order valence-electron chi connectivity index (χ1n) is 9.82. The molecule has 0 aromatic rings. The van der Waals surface area contributed by atoms with E-state index in [0.717, 1.165) is 0 Å². The molecular weight excluding hydrogens is 352 g/mol. The minimum atomic E-state index is -1.23. The van der Waals surface area contributed by atoms with E-state index < -0.39 is 42.1 Å². The van der Waals surface area contributed by atoms with Crippen LogP contribution in [0.5, 0.6) is 0 Å². The quantitative estimate of drug-likeness (QED) is 0.747. The van der Waals surface area contributed by atoms with Crippen molar-refractivity contribution in [2.45, 2.75) is 105 Å². The molecule has 3 saturated heterocycles. The topological polar surface area (TPSA) is 83.5 Å². The number of aliphatic hydroxyl groups excluding tert-OH is 1. The van der Waals surface area contributed by atoms with Gasteiger partial charge in [-0.1, -0.05) is 34.6 Å². The fourth-order valence-corrected chi connectivity index (χ4v) is 4.30. The average molecular weight is 386 g/mol. The summed E-state index contributed by atoms with van der Waals surface area (Å²) in [6, 6.07) is 0. The van der Waals surface area contributed by atoms with E-state index >= 15 is 0 Å². The largest absolute Gasteiger partial charge is 0.454 e. The lowest BCUT2D eigenvalue weighted by Gasteiger charge is -2.43. The van der Waals surface area contributed by atoms with E-state index in [-0.39, 0.29) is 23.4 Å². The molecule has 0 aromatic heterocycles. The molecule has 0 aliphatic carbocycles. The standard InChI is InChI=1S/C20H34O7/c1-10(2)20(8,18(3,4)5)17(22)25-14-13-11(23-15(14)21)9-12-16(24-13)27-19(6,7)26-12/h10-16,21H,9H2,1-8H3. The van der Waals surface area contributed by atoms with Gasteiger partial charge >= 0.3 is 5.97 Å². The lowest BCUT2D eigenvalue weighted by atomic mass is 9.62. The number of aliphatic hydroxyl groups is 1. The first-order valence-corrected chi connectivity index (χ1v) is 9.82. The van der Waals surface area contributed by atoms with E-state index in [1.54, 1.807) is 0 Å². The van der Waals surface area contributed by atoms with Gasteiger partial charge in [0.25, 0.3) is 0 Å². The summed E-state index contributed by atoms with van der Waals surface area (Å²) < 4.78 is 29.1. The maximum Gasteiger partial charge on any atom is 0.313 e. The Balaban J connectivity index is 1.76. The van der Waals surface area contributed by atoms with Gasteiger partial charge in [0.15, 0.2) is 24.5 Å². The van der Waals surface area contributed by atoms with Crippen LogP contribution in [0.15, 0.2) is 0 Å². The van der Waals surface area contributed by atoms with Gasteiger partial charge < -0.3 is 28.8 Å². The third kappa shape index (κ3) is 3.53. The molecule has 27 heavy (non-hydrogen) atoms. The van der Waals surface area contributed by atoms with E-state index in [2.05, 4.69) is 0 Å². The first-order chi connectivity index (χ1) is 12.3. The molecule has 7 atom stereocenters. The van der Waals surface area contributed by atoms with Crippen LogP contribution in [0.4, 0.5) is 0 Å². The van der Waals surface area contributed by atoms with Crippen LogP contribution >= 0.6 is 0 Å². The number of fused-ring (bicyclic) bond motifs is 2. The van der Waals surface area contributed by atoms with Gasteiger partial charge in [0.05, 0.1) is 11.5 Å². The molecule has 0 bridgehead atoms. The maximum atomic E-state index is 13.2. The normalized spacial score (nSPS) is 40.4. The number of rotatable bonds is 3. The minimum Gasteiger partial charge on any atom is -0.454 e. The highest BCUT2D eigenvalue weighted by molar-refractivity contribution is 5.78. The lowest BCUT2D eigenvalue weighted by Crippen LogP contribution is -2.52. The molecular formula is C20H34O7. The van der Waals surface area contributed by atoms with Crippen LogP contribution in [-0.2, 0) is 28.5 Å². The zero-order valence-electron chi connectivity index (χ0n) is 17.6. The molecule has 3 aliphatic rings. The summed E-state index contributed by atoms with van der Waals surface area (Å²) >= 11 is 0. The summed E-state index contributed by atoms with van der Waals surface area (Å²) in [6.45, 7) is 15.6. The van der Waals surface area contributed by atoms with E-state index in [0.29, 0.717) is 6.42 Å². The van der Waals surface area contributed by atoms with Crippen molar-refractivity contribution in [3.8, 4) is 0 Å². The third-order valence-corrected chi connectivity index (χ3v) is 6.56. The van der Waals surface area contributed by atoms with E-state index in [9.17, 15) is 9.90 Å². The molecule has 156 valence electrons. The number of carbonyl (C=O) groups is 1. The second-order valence-corrected chi connectivity index (χ2v) is 9.92. The molecule has 0 radical (unpaired) electrons. The second kappa shape index (κ2) is 6.66. The van der Waals surface area contributed by atoms with Gasteiger partial charge in [0.1, 0.15) is 12.2 Å². The van der Waals surface area contributed by atoms with Gasteiger partial charge in [0.2, 0.25) is 0 Å². The van der Waals surface area contributed by atoms with Crippen LogP contribution in [-0.4, -0.2) is 53.9 Å². The Morgan fingerprint density at radius 3 is 2.30 bits per heavy atom. The van der Waals surface area contributed by atoms with E-state index in [1.165, 1.54) is 0 Å². The van der Waals surface area contributed by atoms with Crippen molar-refractivity contribution in [3.05, 3.63) is 0 Å². The Kier molecular flexibility index (Phi) is 5.18. The average Bonchev–Trinajstić information content (AvgIpc) is 2.96. The van der Waals surface area contributed by atoms with Crippen molar-refractivity contribution in [1.29, 1.82) is 0 Å². The molecule has 0 spiro atoms. The number of ether oxygens (including phenoxy) is 5. The molecule has 7 nitrogen and oxygen atoms in total. The third-order valence-electron chi connectivity index (χ3n) is 6.56. The number of hydrogen-bond donors (Lipinski definition) is 1. The summed E-state index contributed by atoms with van der Waals surface area (Å²) in [5.74, 6) is -1.03. The molecule has 7 unspecified atom stereocenters. The van der Waals surface area contributed by atoms with Crippen molar-refractivity contribution < 1.29 is 33.6 Å². The predicted octanol–water partition coefficient (Wildman–Crippen LogP) is 2.59. The Morgan fingerprint density at radius 1 is 1.11 bits per heavy atom. The second-order valence-electron chi connectivity index (χ2n) is 9.92. The number of hydrogen-bond acceptors (Lipinski definition) is 7. The molecule has 1 N–H and O–H groups in total. The van der Waals surface area contributed by atoms with Crippen LogP contribution in [0.1, 0.15) is 61.8 Å². The van der Waals surface area contributed by atoms with Gasteiger partial charge in [-0.15, -0.1) is 0 Å². The fourth-order valence-electron chi connectivity index (χ4n) is 4.30. The van der Waals surface area contributed by atoms with Gasteiger partial charge in [0, 0.05) is 6.42 Å². The summed E-state index contributed by atoms with van der Waals surface area (Å²) in [5, 5.41) is 10.4. The van der Waals surface area contributed by atoms with Crippen LogP contribution in [0.2, 0.25) is 0 Å². The minimum absolute atomic E-state index is 0.0595. The number of esters is 1. The molecule has 0 aromatic carbocycles. The van der Waals surface area contributed by atoms with Crippen molar-refractivity contribution in [2.24, 2.45) is 16.7 Å². The lowest BCUT2D eigenvalue weighted by molar-refractivity contribution is -0.232. The Morgan fingerprint density at radius 2 is 1.74 bits per heavy atom. The Hall–Kier alpha value is -0.730. The number of carbonyl (C=O) groups excluding carboxylic acids is 1. The zero-order chi connectivity index (χ0) is 20.4. The van der Waals surface area contributed by atoms with Gasteiger partial charge in [-0.2, -0.15) is 0 Å². The molecule has 3 rings (SSSR count). The van der Waals surface area contributed by atoms with Crippen molar-refractivity contribution in [1.82, 2.24) is 0 Å². The van der Waals surface area contributed by atoms with E-state index in [4.69, 9.17) is 23.7 Å². The molecule has 7 heteroatoms. The maximum absolute atomic E-state index is 13.2. The summed E-state index contributed by atoms with van der Waals surface area (Å²) in [7, 11) is 0. The van der Waals surface area contributed by atoms with Gasteiger partial charge in [-0.25, -0.2) is 0 Å². The first kappa shape index (κ1) is 21.0. The SMILES string of the molecule is CC(C)C(C)(C(=O)OC1C(O)OC2CC3OC(C)(C)OC3OC21)C(C)(C)C. The summed E-state index contributed by atoms with van der Waals surface area (Å²) in [6.07, 6.45) is -3.42. The summed E-state index contributed by atoms with van der Waals surface area (Å²) in [5.41, 5.74) is -1.04. The van der Waals surface area contributed by atoms with Gasteiger partial charge in [-0.05, 0) is 32.1 Å². The highest BCUT2D eigenvalue weighted by Gasteiger charge is 2.58. The Bertz CT molecular complexity index is 581. The fraction of sp³-hybridized carbons (Fsp3) is 0.950.